The van der Waals surface area contributed by atoms with Crippen LogP contribution in [0.3, 0.4) is 0 Å². The first kappa shape index (κ1) is 22.7. The van der Waals surface area contributed by atoms with E-state index in [1.54, 1.807) is 24.1 Å². The number of hydrogen-bond donors (Lipinski definition) is 1. The number of halogens is 1. The molecule has 0 spiro atoms. The van der Waals surface area contributed by atoms with Crippen LogP contribution in [0, 0.1) is 5.82 Å². The van der Waals surface area contributed by atoms with Gasteiger partial charge in [0.1, 0.15) is 18.2 Å². The number of carboxylic acids is 1. The zero-order valence-electron chi connectivity index (χ0n) is 18.4. The van der Waals surface area contributed by atoms with Crippen molar-refractivity contribution in [3.05, 3.63) is 59.9 Å². The van der Waals surface area contributed by atoms with Gasteiger partial charge in [-0.3, -0.25) is 4.79 Å². The second-order valence-electron chi connectivity index (χ2n) is 8.15. The molecule has 1 N–H and O–H groups in total. The number of anilines is 1. The van der Waals surface area contributed by atoms with E-state index in [9.17, 15) is 9.18 Å². The van der Waals surface area contributed by atoms with Gasteiger partial charge in [-0.1, -0.05) is 57.2 Å². The number of rotatable bonds is 11. The molecule has 0 atom stereocenters. The highest BCUT2D eigenvalue weighted by atomic mass is 19.1. The largest absolute Gasteiger partial charge is 0.480 e. The van der Waals surface area contributed by atoms with E-state index in [1.807, 2.05) is 12.1 Å². The molecule has 0 saturated heterocycles. The van der Waals surface area contributed by atoms with Crippen LogP contribution in [0.5, 0.6) is 0 Å². The summed E-state index contributed by atoms with van der Waals surface area (Å²) in [4.78, 5) is 17.5. The molecule has 3 rings (SSSR count). The maximum Gasteiger partial charge on any atom is 0.323 e. The number of carboxylic acid groups (broad SMARTS) is 1. The Balaban J connectivity index is 1.92. The number of aliphatic carboxylic acids is 1. The molecule has 0 fully saturated rings. The molecule has 0 radical (unpaired) electrons. The van der Waals surface area contributed by atoms with Crippen LogP contribution in [0.1, 0.15) is 51.0 Å². The summed E-state index contributed by atoms with van der Waals surface area (Å²) in [6, 6.07) is 14.6. The normalized spacial score (nSPS) is 11.1. The van der Waals surface area contributed by atoms with Crippen molar-refractivity contribution in [2.24, 2.45) is 0 Å². The highest BCUT2D eigenvalue weighted by Gasteiger charge is 2.13. The van der Waals surface area contributed by atoms with Crippen LogP contribution in [0.4, 0.5) is 10.2 Å². The van der Waals surface area contributed by atoms with Crippen LogP contribution >= 0.6 is 0 Å². The van der Waals surface area contributed by atoms with Crippen LogP contribution in [-0.4, -0.2) is 29.7 Å². The standard InChI is InChI=1S/C26H31FN2O2/c1-3-4-5-6-7-8-9-19-10-15-24-23(16-19)22(20-11-13-21(27)14-12-20)17-25(28-24)29(2)18-26(30)31/h10-17H,3-9,18H2,1-2H3,(H,30,31). The topological polar surface area (TPSA) is 53.4 Å². The van der Waals surface area contributed by atoms with E-state index in [0.717, 1.165) is 34.9 Å². The first-order chi connectivity index (χ1) is 15.0. The van der Waals surface area contributed by atoms with Crippen LogP contribution in [0.15, 0.2) is 48.5 Å². The summed E-state index contributed by atoms with van der Waals surface area (Å²) in [7, 11) is 1.71. The number of carbonyl (C=O) groups is 1. The molecule has 0 unspecified atom stereocenters. The van der Waals surface area contributed by atoms with E-state index in [4.69, 9.17) is 10.1 Å². The molecule has 164 valence electrons. The summed E-state index contributed by atoms with van der Waals surface area (Å²) in [6.45, 7) is 2.09. The van der Waals surface area contributed by atoms with Gasteiger partial charge in [-0.05, 0) is 59.9 Å². The lowest BCUT2D eigenvalue weighted by molar-refractivity contribution is -0.135. The Bertz CT molecular complexity index is 1020. The zero-order valence-corrected chi connectivity index (χ0v) is 18.4. The lowest BCUT2D eigenvalue weighted by Crippen LogP contribution is -2.26. The van der Waals surface area contributed by atoms with Gasteiger partial charge in [-0.25, -0.2) is 9.37 Å². The lowest BCUT2D eigenvalue weighted by Gasteiger charge is -2.18. The van der Waals surface area contributed by atoms with Crippen molar-refractivity contribution in [1.29, 1.82) is 0 Å². The molecule has 0 saturated carbocycles. The molecule has 0 aliphatic carbocycles. The molecule has 0 bridgehead atoms. The molecular formula is C26H31FN2O2. The molecule has 5 heteroatoms. The summed E-state index contributed by atoms with van der Waals surface area (Å²) >= 11 is 0. The van der Waals surface area contributed by atoms with Crippen LogP contribution in [0.2, 0.25) is 0 Å². The van der Waals surface area contributed by atoms with Crippen LogP contribution in [-0.2, 0) is 11.2 Å². The summed E-state index contributed by atoms with van der Waals surface area (Å²) in [5, 5.41) is 10.2. The minimum atomic E-state index is -0.915. The molecule has 0 aliphatic heterocycles. The molecule has 1 aromatic heterocycles. The third kappa shape index (κ3) is 6.27. The van der Waals surface area contributed by atoms with Gasteiger partial charge in [-0.15, -0.1) is 0 Å². The average Bonchev–Trinajstić information content (AvgIpc) is 2.75. The van der Waals surface area contributed by atoms with Crippen molar-refractivity contribution < 1.29 is 14.3 Å². The molecule has 2 aromatic carbocycles. The SMILES string of the molecule is CCCCCCCCc1ccc2nc(N(C)CC(=O)O)cc(-c3ccc(F)cc3)c2c1. The average molecular weight is 423 g/mol. The number of aryl methyl sites for hydroxylation is 1. The Morgan fingerprint density at radius 3 is 2.42 bits per heavy atom. The maximum absolute atomic E-state index is 13.5. The first-order valence-corrected chi connectivity index (χ1v) is 11.1. The molecule has 31 heavy (non-hydrogen) atoms. The van der Waals surface area contributed by atoms with Crippen molar-refractivity contribution in [2.45, 2.75) is 51.9 Å². The number of likely N-dealkylation sites (N-methyl/N-ethyl adjacent to an activating group) is 1. The van der Waals surface area contributed by atoms with Crippen molar-refractivity contribution in [1.82, 2.24) is 4.98 Å². The fraction of sp³-hybridized carbons (Fsp3) is 0.385. The molecule has 0 aliphatic rings. The van der Waals surface area contributed by atoms with Gasteiger partial charge in [0.2, 0.25) is 0 Å². The Morgan fingerprint density at radius 1 is 1.00 bits per heavy atom. The zero-order chi connectivity index (χ0) is 22.2. The quantitative estimate of drug-likeness (QED) is 0.360. The van der Waals surface area contributed by atoms with E-state index < -0.39 is 5.97 Å². The van der Waals surface area contributed by atoms with E-state index in [2.05, 4.69) is 19.1 Å². The Labute approximate surface area is 183 Å². The molecule has 1 heterocycles. The third-order valence-electron chi connectivity index (χ3n) is 5.60. The van der Waals surface area contributed by atoms with E-state index in [-0.39, 0.29) is 12.4 Å². The van der Waals surface area contributed by atoms with E-state index >= 15 is 0 Å². The predicted octanol–water partition coefficient (Wildman–Crippen LogP) is 6.46. The van der Waals surface area contributed by atoms with Gasteiger partial charge in [0.05, 0.1) is 5.52 Å². The van der Waals surface area contributed by atoms with E-state index in [0.29, 0.717) is 5.82 Å². The van der Waals surface area contributed by atoms with Gasteiger partial charge in [0.15, 0.2) is 0 Å². The fourth-order valence-corrected chi connectivity index (χ4v) is 3.87. The van der Waals surface area contributed by atoms with Crippen molar-refractivity contribution in [3.8, 4) is 11.1 Å². The lowest BCUT2D eigenvalue weighted by atomic mass is 9.97. The van der Waals surface area contributed by atoms with Gasteiger partial charge in [-0.2, -0.15) is 0 Å². The van der Waals surface area contributed by atoms with Gasteiger partial charge < -0.3 is 10.0 Å². The second-order valence-corrected chi connectivity index (χ2v) is 8.15. The Kier molecular flexibility index (Phi) is 7.99. The van der Waals surface area contributed by atoms with Crippen LogP contribution < -0.4 is 4.90 Å². The highest BCUT2D eigenvalue weighted by Crippen LogP contribution is 2.32. The molecule has 4 nitrogen and oxygen atoms in total. The minimum Gasteiger partial charge on any atom is -0.480 e. The molecule has 3 aromatic rings. The molecule has 0 amide bonds. The first-order valence-electron chi connectivity index (χ1n) is 11.1. The summed E-state index contributed by atoms with van der Waals surface area (Å²) < 4.78 is 13.5. The number of pyridine rings is 1. The van der Waals surface area contributed by atoms with Crippen molar-refractivity contribution in [2.75, 3.05) is 18.5 Å². The number of benzene rings is 2. The maximum atomic E-state index is 13.5. The fourth-order valence-electron chi connectivity index (χ4n) is 3.87. The molecular weight excluding hydrogens is 391 g/mol. The Morgan fingerprint density at radius 2 is 1.71 bits per heavy atom. The van der Waals surface area contributed by atoms with Gasteiger partial charge >= 0.3 is 5.97 Å². The number of fused-ring (bicyclic) bond motifs is 1. The second kappa shape index (κ2) is 10.9. The minimum absolute atomic E-state index is 0.141. The Hall–Kier alpha value is -2.95. The number of nitrogens with zero attached hydrogens (tertiary/aromatic N) is 2. The summed E-state index contributed by atoms with van der Waals surface area (Å²) in [5.74, 6) is -0.617. The highest BCUT2D eigenvalue weighted by molar-refractivity contribution is 5.96. The monoisotopic (exact) mass is 422 g/mol. The van der Waals surface area contributed by atoms with Crippen molar-refractivity contribution >= 4 is 22.7 Å². The smallest absolute Gasteiger partial charge is 0.323 e. The number of aromatic nitrogens is 1. The third-order valence-corrected chi connectivity index (χ3v) is 5.60. The summed E-state index contributed by atoms with van der Waals surface area (Å²) in [5.41, 5.74) is 3.89. The van der Waals surface area contributed by atoms with Crippen LogP contribution in [0.25, 0.3) is 22.0 Å². The van der Waals surface area contributed by atoms with Crippen molar-refractivity contribution in [3.63, 3.8) is 0 Å². The number of unbranched alkanes of at least 4 members (excludes halogenated alkanes) is 5. The predicted molar refractivity (Wildman–Crippen MR) is 125 cm³/mol. The van der Waals surface area contributed by atoms with E-state index in [1.165, 1.54) is 49.8 Å². The number of hydrogen-bond acceptors (Lipinski definition) is 3. The van der Waals surface area contributed by atoms with Gasteiger partial charge in [0.25, 0.3) is 0 Å². The summed E-state index contributed by atoms with van der Waals surface area (Å²) in [6.07, 6.45) is 8.57. The van der Waals surface area contributed by atoms with Gasteiger partial charge in [0, 0.05) is 12.4 Å².